The van der Waals surface area contributed by atoms with Crippen molar-refractivity contribution < 1.29 is 0 Å². The molecule has 2 rings (SSSR count). The van der Waals surface area contributed by atoms with Crippen molar-refractivity contribution in [3.05, 3.63) is 41.5 Å². The minimum absolute atomic E-state index is 0.452. The van der Waals surface area contributed by atoms with Crippen LogP contribution in [0, 0.1) is 13.8 Å². The van der Waals surface area contributed by atoms with Gasteiger partial charge in [-0.05, 0) is 32.0 Å². The third kappa shape index (κ3) is 1.89. The fraction of sp³-hybridized carbons (Fsp3) is 0.273. The minimum Gasteiger partial charge on any atom is -0.325 e. The smallest absolute Gasteiger partial charge is 0.0682 e. The molecule has 0 amide bonds. The molecule has 0 bridgehead atoms. The first-order valence-corrected chi connectivity index (χ1v) is 4.89. The van der Waals surface area contributed by atoms with E-state index in [1.54, 1.807) is 6.20 Å². The van der Waals surface area contributed by atoms with Gasteiger partial charge in [-0.3, -0.25) is 4.98 Å². The molecule has 0 aliphatic rings. The Balaban J connectivity index is 2.49. The van der Waals surface area contributed by atoms with Crippen molar-refractivity contribution in [3.63, 3.8) is 0 Å². The zero-order valence-corrected chi connectivity index (χ0v) is 8.94. The lowest BCUT2D eigenvalue weighted by Gasteiger charge is -2.05. The Labute approximate surface area is 88.8 Å². The first kappa shape index (κ1) is 9.86. The van der Waals surface area contributed by atoms with Crippen molar-refractivity contribution in [2.45, 2.75) is 20.4 Å². The topological polar surface area (TPSA) is 56.7 Å². The predicted molar refractivity (Wildman–Crippen MR) is 58.7 cm³/mol. The largest absolute Gasteiger partial charge is 0.325 e. The molecule has 0 saturated heterocycles. The average Bonchev–Trinajstić information content (AvgIpc) is 2.58. The van der Waals surface area contributed by atoms with E-state index in [4.69, 9.17) is 5.73 Å². The van der Waals surface area contributed by atoms with Gasteiger partial charge in [0.25, 0.3) is 0 Å². The van der Waals surface area contributed by atoms with E-state index >= 15 is 0 Å². The fourth-order valence-electron chi connectivity index (χ4n) is 1.60. The van der Waals surface area contributed by atoms with Crippen LogP contribution in [-0.2, 0) is 6.54 Å². The first-order chi connectivity index (χ1) is 7.20. The number of nitrogens with two attached hydrogens (primary N) is 1. The van der Waals surface area contributed by atoms with Gasteiger partial charge in [-0.25, -0.2) is 4.68 Å². The Morgan fingerprint density at radius 1 is 1.33 bits per heavy atom. The molecule has 4 nitrogen and oxygen atoms in total. The van der Waals surface area contributed by atoms with Crippen LogP contribution in [0.25, 0.3) is 5.69 Å². The number of rotatable bonds is 2. The van der Waals surface area contributed by atoms with Crippen molar-refractivity contribution >= 4 is 0 Å². The minimum atomic E-state index is 0.452. The Bertz CT molecular complexity index is 473. The van der Waals surface area contributed by atoms with Gasteiger partial charge < -0.3 is 5.73 Å². The molecule has 0 saturated carbocycles. The molecule has 2 N–H and O–H groups in total. The summed E-state index contributed by atoms with van der Waals surface area (Å²) in [6.45, 7) is 4.46. The molecular weight excluding hydrogens is 188 g/mol. The van der Waals surface area contributed by atoms with E-state index in [2.05, 4.69) is 10.1 Å². The SMILES string of the molecule is Cc1cc(C)n(-c2ccnc(CN)c2)n1. The highest BCUT2D eigenvalue weighted by Gasteiger charge is 2.03. The van der Waals surface area contributed by atoms with Gasteiger partial charge in [0.2, 0.25) is 0 Å². The van der Waals surface area contributed by atoms with Gasteiger partial charge in [0.15, 0.2) is 0 Å². The van der Waals surface area contributed by atoms with Crippen LogP contribution in [0.4, 0.5) is 0 Å². The second-order valence-electron chi connectivity index (χ2n) is 3.55. The zero-order chi connectivity index (χ0) is 10.8. The molecule has 15 heavy (non-hydrogen) atoms. The zero-order valence-electron chi connectivity index (χ0n) is 8.94. The van der Waals surface area contributed by atoms with Gasteiger partial charge in [0.05, 0.1) is 17.1 Å². The van der Waals surface area contributed by atoms with Gasteiger partial charge >= 0.3 is 0 Å². The second-order valence-corrected chi connectivity index (χ2v) is 3.55. The summed E-state index contributed by atoms with van der Waals surface area (Å²) in [5, 5.41) is 4.40. The van der Waals surface area contributed by atoms with Gasteiger partial charge in [0, 0.05) is 18.4 Å². The standard InChI is InChI=1S/C11H14N4/c1-8-5-9(2)15(14-8)11-3-4-13-10(6-11)7-12/h3-6H,7,12H2,1-2H3. The van der Waals surface area contributed by atoms with Crippen molar-refractivity contribution in [2.24, 2.45) is 5.73 Å². The molecule has 0 spiro atoms. The van der Waals surface area contributed by atoms with E-state index in [9.17, 15) is 0 Å². The Hall–Kier alpha value is -1.68. The maximum atomic E-state index is 5.55. The number of nitrogens with zero attached hydrogens (tertiary/aromatic N) is 3. The summed E-state index contributed by atoms with van der Waals surface area (Å²) in [4.78, 5) is 4.15. The van der Waals surface area contributed by atoms with Crippen molar-refractivity contribution in [1.29, 1.82) is 0 Å². The molecule has 0 aliphatic carbocycles. The van der Waals surface area contributed by atoms with Crippen LogP contribution < -0.4 is 5.73 Å². The van der Waals surface area contributed by atoms with Gasteiger partial charge in [-0.2, -0.15) is 5.10 Å². The molecule has 0 radical (unpaired) electrons. The summed E-state index contributed by atoms with van der Waals surface area (Å²) in [7, 11) is 0. The van der Waals surface area contributed by atoms with Crippen molar-refractivity contribution in [2.75, 3.05) is 0 Å². The van der Waals surface area contributed by atoms with Crippen LogP contribution in [0.1, 0.15) is 17.1 Å². The number of pyridine rings is 1. The average molecular weight is 202 g/mol. The lowest BCUT2D eigenvalue weighted by molar-refractivity contribution is 0.825. The third-order valence-corrected chi connectivity index (χ3v) is 2.26. The number of aryl methyl sites for hydroxylation is 2. The van der Waals surface area contributed by atoms with Crippen LogP contribution in [0.3, 0.4) is 0 Å². The monoisotopic (exact) mass is 202 g/mol. The summed E-state index contributed by atoms with van der Waals surface area (Å²) < 4.78 is 1.90. The first-order valence-electron chi connectivity index (χ1n) is 4.89. The number of hydrogen-bond donors (Lipinski definition) is 1. The Morgan fingerprint density at radius 3 is 2.73 bits per heavy atom. The highest BCUT2D eigenvalue weighted by atomic mass is 15.3. The van der Waals surface area contributed by atoms with Crippen LogP contribution in [0.5, 0.6) is 0 Å². The maximum Gasteiger partial charge on any atom is 0.0682 e. The number of hydrogen-bond acceptors (Lipinski definition) is 3. The summed E-state index contributed by atoms with van der Waals surface area (Å²) in [6, 6.07) is 5.93. The Kier molecular flexibility index (Phi) is 2.51. The normalized spacial score (nSPS) is 10.6. The van der Waals surface area contributed by atoms with Crippen LogP contribution in [0.2, 0.25) is 0 Å². The van der Waals surface area contributed by atoms with Crippen LogP contribution in [0.15, 0.2) is 24.4 Å². The highest BCUT2D eigenvalue weighted by Crippen LogP contribution is 2.11. The molecule has 4 heteroatoms. The molecule has 0 atom stereocenters. The molecule has 0 fully saturated rings. The maximum absolute atomic E-state index is 5.55. The quantitative estimate of drug-likeness (QED) is 0.799. The van der Waals surface area contributed by atoms with Crippen LogP contribution >= 0.6 is 0 Å². The van der Waals surface area contributed by atoms with Gasteiger partial charge in [-0.1, -0.05) is 0 Å². The van der Waals surface area contributed by atoms with Crippen molar-refractivity contribution in [1.82, 2.24) is 14.8 Å². The predicted octanol–water partition coefficient (Wildman–Crippen LogP) is 1.34. The third-order valence-electron chi connectivity index (χ3n) is 2.26. The van der Waals surface area contributed by atoms with E-state index < -0.39 is 0 Å². The number of aromatic nitrogens is 3. The highest BCUT2D eigenvalue weighted by molar-refractivity contribution is 5.33. The molecule has 0 aromatic carbocycles. The molecule has 2 aromatic heterocycles. The summed E-state index contributed by atoms with van der Waals surface area (Å²) >= 11 is 0. The molecule has 2 heterocycles. The van der Waals surface area contributed by atoms with E-state index in [1.807, 2.05) is 36.7 Å². The summed E-state index contributed by atoms with van der Waals surface area (Å²) in [5.74, 6) is 0. The molecule has 0 unspecified atom stereocenters. The van der Waals surface area contributed by atoms with Gasteiger partial charge in [-0.15, -0.1) is 0 Å². The van der Waals surface area contributed by atoms with E-state index in [1.165, 1.54) is 0 Å². The lowest BCUT2D eigenvalue weighted by Crippen LogP contribution is -2.04. The summed E-state index contributed by atoms with van der Waals surface area (Å²) in [5.41, 5.74) is 9.56. The van der Waals surface area contributed by atoms with Crippen LogP contribution in [-0.4, -0.2) is 14.8 Å². The van der Waals surface area contributed by atoms with Gasteiger partial charge in [0.1, 0.15) is 0 Å². The van der Waals surface area contributed by atoms with Crippen molar-refractivity contribution in [3.8, 4) is 5.69 Å². The van der Waals surface area contributed by atoms with E-state index in [-0.39, 0.29) is 0 Å². The molecule has 2 aromatic rings. The Morgan fingerprint density at radius 2 is 2.13 bits per heavy atom. The lowest BCUT2D eigenvalue weighted by atomic mass is 10.3. The second kappa shape index (κ2) is 3.82. The fourth-order valence-corrected chi connectivity index (χ4v) is 1.60. The summed E-state index contributed by atoms with van der Waals surface area (Å²) in [6.07, 6.45) is 1.76. The molecule has 78 valence electrons. The molecule has 0 aliphatic heterocycles. The molecular formula is C11H14N4. The van der Waals surface area contributed by atoms with E-state index in [0.717, 1.165) is 22.8 Å². The van der Waals surface area contributed by atoms with E-state index in [0.29, 0.717) is 6.54 Å².